The number of benzene rings is 2. The minimum atomic E-state index is -1.14. The maximum atomic E-state index is 12.5. The minimum absolute atomic E-state index is 0.599. The standard InChI is InChI=1S/C28H26N2O3/c1-14-22(26(27(31)32)33-28(2,3)4)23(17-7-5-6-8-21(17)30-14)18-10-9-15-19-13-20(19)16-11-12-29-25(18)24(15)16/h5-12,19-20,26H,13H2,1-4H3,(H,31,32)/t19?,20?,26-/m0/s1. The van der Waals surface area contributed by atoms with Gasteiger partial charge in [0, 0.05) is 39.4 Å². The lowest BCUT2D eigenvalue weighted by Crippen LogP contribution is -2.28. The number of aryl methyl sites for hydroxylation is 1. The zero-order chi connectivity index (χ0) is 23.1. The molecular weight excluding hydrogens is 412 g/mol. The van der Waals surface area contributed by atoms with Gasteiger partial charge in [-0.25, -0.2) is 4.79 Å². The molecule has 1 saturated carbocycles. The van der Waals surface area contributed by atoms with Gasteiger partial charge < -0.3 is 9.84 Å². The van der Waals surface area contributed by atoms with Gasteiger partial charge in [-0.15, -0.1) is 0 Å². The lowest BCUT2D eigenvalue weighted by Gasteiger charge is -2.28. The van der Waals surface area contributed by atoms with Crippen molar-refractivity contribution in [2.24, 2.45) is 0 Å². The smallest absolute Gasteiger partial charge is 0.337 e. The number of nitrogens with zero attached hydrogens (tertiary/aromatic N) is 2. The monoisotopic (exact) mass is 438 g/mol. The number of carboxylic acid groups (broad SMARTS) is 1. The Morgan fingerprint density at radius 2 is 1.82 bits per heavy atom. The Bertz CT molecular complexity index is 1450. The number of carbonyl (C=O) groups is 1. The Kier molecular flexibility index (Phi) is 4.21. The van der Waals surface area contributed by atoms with Crippen LogP contribution in [0.25, 0.3) is 32.9 Å². The van der Waals surface area contributed by atoms with Crippen LogP contribution in [0.15, 0.2) is 48.7 Å². The molecule has 0 radical (unpaired) electrons. The normalized spacial score (nSPS) is 19.6. The quantitative estimate of drug-likeness (QED) is 0.406. The van der Waals surface area contributed by atoms with Crippen LogP contribution >= 0.6 is 0 Å². The average molecular weight is 439 g/mol. The topological polar surface area (TPSA) is 72.3 Å². The van der Waals surface area contributed by atoms with E-state index in [9.17, 15) is 9.90 Å². The molecule has 166 valence electrons. The molecule has 0 aliphatic heterocycles. The van der Waals surface area contributed by atoms with Crippen LogP contribution in [0.2, 0.25) is 0 Å². The summed E-state index contributed by atoms with van der Waals surface area (Å²) in [5.74, 6) is 0.186. The predicted octanol–water partition coefficient (Wildman–Crippen LogP) is 6.28. The molecule has 0 bridgehead atoms. The molecule has 1 fully saturated rings. The van der Waals surface area contributed by atoms with Crippen molar-refractivity contribution >= 4 is 27.8 Å². The molecule has 0 saturated heterocycles. The fourth-order valence-corrected chi connectivity index (χ4v) is 5.57. The molecule has 33 heavy (non-hydrogen) atoms. The number of ether oxygens (including phenoxy) is 1. The van der Waals surface area contributed by atoms with Crippen molar-refractivity contribution in [3.63, 3.8) is 0 Å². The number of hydrogen-bond acceptors (Lipinski definition) is 4. The molecule has 2 aromatic heterocycles. The Balaban J connectivity index is 1.71. The third-order valence-corrected chi connectivity index (χ3v) is 6.89. The Morgan fingerprint density at radius 3 is 2.55 bits per heavy atom. The highest BCUT2D eigenvalue weighted by Crippen LogP contribution is 2.63. The number of hydrogen-bond donors (Lipinski definition) is 1. The number of aromatic nitrogens is 2. The first-order valence-corrected chi connectivity index (χ1v) is 11.5. The van der Waals surface area contributed by atoms with Gasteiger partial charge in [-0.2, -0.15) is 0 Å². The van der Waals surface area contributed by atoms with E-state index in [1.807, 2.05) is 58.2 Å². The summed E-state index contributed by atoms with van der Waals surface area (Å²) in [6.45, 7) is 7.49. The average Bonchev–Trinajstić information content (AvgIpc) is 3.49. The number of rotatable bonds is 4. The van der Waals surface area contributed by atoms with Crippen molar-refractivity contribution in [1.82, 2.24) is 9.97 Å². The fraction of sp³-hybridized carbons (Fsp3) is 0.321. The van der Waals surface area contributed by atoms with Crippen molar-refractivity contribution in [2.75, 3.05) is 0 Å². The number of carboxylic acids is 1. The first kappa shape index (κ1) is 20.3. The zero-order valence-corrected chi connectivity index (χ0v) is 19.2. The van der Waals surface area contributed by atoms with Crippen LogP contribution in [0.5, 0.6) is 0 Å². The number of pyridine rings is 2. The summed E-state index contributed by atoms with van der Waals surface area (Å²) in [6, 6.07) is 14.4. The van der Waals surface area contributed by atoms with Crippen LogP contribution in [0.3, 0.4) is 0 Å². The van der Waals surface area contributed by atoms with Crippen LogP contribution in [0.4, 0.5) is 0 Å². The summed E-state index contributed by atoms with van der Waals surface area (Å²) in [5, 5.41) is 12.4. The molecule has 2 unspecified atom stereocenters. The van der Waals surface area contributed by atoms with Crippen molar-refractivity contribution in [1.29, 1.82) is 0 Å². The highest BCUT2D eigenvalue weighted by Gasteiger charge is 2.47. The molecule has 2 aromatic carbocycles. The van der Waals surface area contributed by atoms with Crippen molar-refractivity contribution in [2.45, 2.75) is 57.7 Å². The third kappa shape index (κ3) is 3.06. The summed E-state index contributed by atoms with van der Waals surface area (Å²) in [6.07, 6.45) is 1.96. The molecule has 4 aromatic rings. The number of para-hydroxylation sites is 1. The van der Waals surface area contributed by atoms with E-state index >= 15 is 0 Å². The van der Waals surface area contributed by atoms with Crippen LogP contribution in [0.1, 0.15) is 67.5 Å². The van der Waals surface area contributed by atoms with Gasteiger partial charge in [0.05, 0.1) is 16.6 Å². The third-order valence-electron chi connectivity index (χ3n) is 6.89. The van der Waals surface area contributed by atoms with Crippen LogP contribution in [-0.2, 0) is 9.53 Å². The molecule has 6 rings (SSSR count). The molecule has 2 aliphatic rings. The van der Waals surface area contributed by atoms with Crippen LogP contribution in [0, 0.1) is 6.92 Å². The van der Waals surface area contributed by atoms with E-state index in [0.717, 1.165) is 27.5 Å². The van der Waals surface area contributed by atoms with E-state index in [1.54, 1.807) is 0 Å². The van der Waals surface area contributed by atoms with Gasteiger partial charge in [-0.05, 0) is 69.2 Å². The van der Waals surface area contributed by atoms with E-state index in [1.165, 1.54) is 22.9 Å². The van der Waals surface area contributed by atoms with Gasteiger partial charge in [0.2, 0.25) is 0 Å². The zero-order valence-electron chi connectivity index (χ0n) is 19.2. The molecule has 3 atom stereocenters. The second kappa shape index (κ2) is 6.84. The maximum Gasteiger partial charge on any atom is 0.337 e. The summed E-state index contributed by atoms with van der Waals surface area (Å²) in [5.41, 5.74) is 6.93. The molecule has 0 spiro atoms. The fourth-order valence-electron chi connectivity index (χ4n) is 5.57. The summed E-state index contributed by atoms with van der Waals surface area (Å²) < 4.78 is 6.11. The number of aliphatic carboxylic acids is 1. The highest BCUT2D eigenvalue weighted by molar-refractivity contribution is 6.08. The van der Waals surface area contributed by atoms with Gasteiger partial charge in [-0.3, -0.25) is 9.97 Å². The Morgan fingerprint density at radius 1 is 1.09 bits per heavy atom. The van der Waals surface area contributed by atoms with E-state index < -0.39 is 17.7 Å². The molecular formula is C28H26N2O3. The molecule has 2 aliphatic carbocycles. The lowest BCUT2D eigenvalue weighted by atomic mass is 9.88. The van der Waals surface area contributed by atoms with E-state index in [2.05, 4.69) is 18.2 Å². The SMILES string of the molecule is Cc1nc2ccccc2c(-c2ccc3c4c(ccnc24)C2CC32)c1[C@H](OC(C)(C)C)C(=O)O. The lowest BCUT2D eigenvalue weighted by molar-refractivity contribution is -0.160. The van der Waals surface area contributed by atoms with Gasteiger partial charge in [0.15, 0.2) is 6.10 Å². The maximum absolute atomic E-state index is 12.5. The molecule has 5 nitrogen and oxygen atoms in total. The number of fused-ring (bicyclic) bond motifs is 4. The first-order chi connectivity index (χ1) is 15.7. The molecule has 5 heteroatoms. The van der Waals surface area contributed by atoms with Crippen molar-refractivity contribution in [3.05, 3.63) is 71.0 Å². The second-order valence-corrected chi connectivity index (χ2v) is 10.2. The molecule has 0 amide bonds. The van der Waals surface area contributed by atoms with Gasteiger partial charge >= 0.3 is 5.97 Å². The second-order valence-electron chi connectivity index (χ2n) is 10.2. The van der Waals surface area contributed by atoms with Crippen molar-refractivity contribution < 1.29 is 14.6 Å². The summed E-state index contributed by atoms with van der Waals surface area (Å²) in [4.78, 5) is 22.1. The van der Waals surface area contributed by atoms with Crippen molar-refractivity contribution in [3.8, 4) is 11.1 Å². The summed E-state index contributed by atoms with van der Waals surface area (Å²) >= 11 is 0. The largest absolute Gasteiger partial charge is 0.479 e. The first-order valence-electron chi connectivity index (χ1n) is 11.5. The highest BCUT2D eigenvalue weighted by atomic mass is 16.5. The molecule has 2 heterocycles. The van der Waals surface area contributed by atoms with Crippen LogP contribution < -0.4 is 0 Å². The summed E-state index contributed by atoms with van der Waals surface area (Å²) in [7, 11) is 0. The Hall–Kier alpha value is -3.31. The van der Waals surface area contributed by atoms with Gasteiger partial charge in [0.25, 0.3) is 0 Å². The van der Waals surface area contributed by atoms with E-state index in [4.69, 9.17) is 14.7 Å². The van der Waals surface area contributed by atoms with Gasteiger partial charge in [-0.1, -0.05) is 30.3 Å². The Labute approximate surface area is 192 Å². The predicted molar refractivity (Wildman–Crippen MR) is 129 cm³/mol. The van der Waals surface area contributed by atoms with Crippen LogP contribution in [-0.4, -0.2) is 26.6 Å². The van der Waals surface area contributed by atoms with E-state index in [-0.39, 0.29) is 0 Å². The molecule has 1 N–H and O–H groups in total. The van der Waals surface area contributed by atoms with E-state index in [0.29, 0.717) is 23.1 Å². The van der Waals surface area contributed by atoms with Gasteiger partial charge in [0.1, 0.15) is 0 Å². The minimum Gasteiger partial charge on any atom is -0.479 e.